The van der Waals surface area contributed by atoms with Gasteiger partial charge in [0.15, 0.2) is 5.13 Å². The Kier molecular flexibility index (Phi) is 4.47. The quantitative estimate of drug-likeness (QED) is 0.828. The molecule has 1 aliphatic rings. The summed E-state index contributed by atoms with van der Waals surface area (Å²) in [5, 5.41) is 6.51. The number of amides is 1. The molecular weight excluding hydrogens is 238 g/mol. The van der Waals surface area contributed by atoms with Crippen molar-refractivity contribution in [3.8, 4) is 0 Å². The van der Waals surface area contributed by atoms with Crippen LogP contribution in [0.15, 0.2) is 6.20 Å². The van der Waals surface area contributed by atoms with E-state index >= 15 is 0 Å². The minimum atomic E-state index is -0.0580. The summed E-state index contributed by atoms with van der Waals surface area (Å²) < 4.78 is 5.45. The van der Waals surface area contributed by atoms with Gasteiger partial charge in [-0.15, -0.1) is 11.3 Å². The minimum Gasteiger partial charge on any atom is -0.377 e. The van der Waals surface area contributed by atoms with Crippen LogP contribution in [0.3, 0.4) is 0 Å². The summed E-state index contributed by atoms with van der Waals surface area (Å²) in [5.41, 5.74) is 0. The highest BCUT2D eigenvalue weighted by Gasteiger charge is 2.15. The number of thiazole rings is 1. The predicted octanol–water partition coefficient (Wildman–Crippen LogP) is 1.16. The second kappa shape index (κ2) is 6.09. The molecule has 0 bridgehead atoms. The number of anilines is 1. The first-order chi connectivity index (χ1) is 8.24. The van der Waals surface area contributed by atoms with E-state index in [0.29, 0.717) is 11.7 Å². The number of nitrogens with zero attached hydrogens (tertiary/aromatic N) is 1. The van der Waals surface area contributed by atoms with Crippen LogP contribution < -0.4 is 10.6 Å². The number of hydrogen-bond acceptors (Lipinski definition) is 5. The molecule has 2 rings (SSSR count). The van der Waals surface area contributed by atoms with E-state index in [-0.39, 0.29) is 12.0 Å². The number of aromatic nitrogens is 1. The molecule has 0 saturated carbocycles. The van der Waals surface area contributed by atoms with Crippen LogP contribution in [0.4, 0.5) is 5.13 Å². The molecular formula is C11H17N3O2S. The minimum absolute atomic E-state index is 0.0580. The predicted molar refractivity (Wildman–Crippen MR) is 67.3 cm³/mol. The van der Waals surface area contributed by atoms with Crippen LogP contribution in [0.25, 0.3) is 0 Å². The van der Waals surface area contributed by atoms with Gasteiger partial charge in [0.25, 0.3) is 0 Å². The maximum atomic E-state index is 11.5. The lowest BCUT2D eigenvalue weighted by Gasteiger charge is -2.09. The smallest absolute Gasteiger partial charge is 0.240 e. The molecule has 1 fully saturated rings. The van der Waals surface area contributed by atoms with Gasteiger partial charge >= 0.3 is 0 Å². The Morgan fingerprint density at radius 2 is 2.59 bits per heavy atom. The summed E-state index contributed by atoms with van der Waals surface area (Å²) in [5.74, 6) is -0.0580. The fourth-order valence-electron chi connectivity index (χ4n) is 1.73. The Balaban J connectivity index is 1.63. The zero-order valence-electron chi connectivity index (χ0n) is 9.86. The van der Waals surface area contributed by atoms with Gasteiger partial charge < -0.3 is 15.4 Å². The van der Waals surface area contributed by atoms with Gasteiger partial charge in [-0.05, 0) is 19.8 Å². The van der Waals surface area contributed by atoms with E-state index in [1.807, 2.05) is 6.92 Å². The van der Waals surface area contributed by atoms with Crippen LogP contribution in [0.2, 0.25) is 0 Å². The van der Waals surface area contributed by atoms with E-state index in [1.54, 1.807) is 6.20 Å². The van der Waals surface area contributed by atoms with E-state index in [1.165, 1.54) is 11.3 Å². The molecule has 2 heterocycles. The van der Waals surface area contributed by atoms with Crippen molar-refractivity contribution >= 4 is 22.4 Å². The van der Waals surface area contributed by atoms with Crippen molar-refractivity contribution in [2.75, 3.05) is 25.0 Å². The SMILES string of the molecule is Cc1cnc(NC(=O)CNCC2CCCO2)s1. The van der Waals surface area contributed by atoms with E-state index in [0.717, 1.165) is 30.9 Å². The maximum Gasteiger partial charge on any atom is 0.240 e. The number of carbonyl (C=O) groups is 1. The molecule has 5 nitrogen and oxygen atoms in total. The average molecular weight is 255 g/mol. The zero-order valence-corrected chi connectivity index (χ0v) is 10.7. The van der Waals surface area contributed by atoms with Crippen LogP contribution in [-0.2, 0) is 9.53 Å². The lowest BCUT2D eigenvalue weighted by Crippen LogP contribution is -2.33. The topological polar surface area (TPSA) is 63.2 Å². The molecule has 1 aliphatic heterocycles. The number of ether oxygens (including phenoxy) is 1. The van der Waals surface area contributed by atoms with E-state index in [2.05, 4.69) is 15.6 Å². The third kappa shape index (κ3) is 4.07. The van der Waals surface area contributed by atoms with Gasteiger partial charge in [-0.25, -0.2) is 4.98 Å². The van der Waals surface area contributed by atoms with Crippen molar-refractivity contribution < 1.29 is 9.53 Å². The second-order valence-corrected chi connectivity index (χ2v) is 5.32. The van der Waals surface area contributed by atoms with Crippen molar-refractivity contribution in [2.45, 2.75) is 25.9 Å². The fraction of sp³-hybridized carbons (Fsp3) is 0.636. The number of aryl methyl sites for hydroxylation is 1. The van der Waals surface area contributed by atoms with Gasteiger partial charge in [0.05, 0.1) is 12.6 Å². The summed E-state index contributed by atoms with van der Waals surface area (Å²) in [7, 11) is 0. The normalized spacial score (nSPS) is 19.5. The van der Waals surface area contributed by atoms with E-state index in [4.69, 9.17) is 4.74 Å². The molecule has 0 radical (unpaired) electrons. The highest BCUT2D eigenvalue weighted by atomic mass is 32.1. The van der Waals surface area contributed by atoms with Crippen LogP contribution in [0, 0.1) is 6.92 Å². The molecule has 17 heavy (non-hydrogen) atoms. The lowest BCUT2D eigenvalue weighted by molar-refractivity contribution is -0.115. The Morgan fingerprint density at radius 1 is 1.71 bits per heavy atom. The molecule has 94 valence electrons. The molecule has 1 unspecified atom stereocenters. The molecule has 2 N–H and O–H groups in total. The third-order valence-electron chi connectivity index (χ3n) is 2.55. The fourth-order valence-corrected chi connectivity index (χ4v) is 2.41. The largest absolute Gasteiger partial charge is 0.377 e. The highest BCUT2D eigenvalue weighted by molar-refractivity contribution is 7.15. The highest BCUT2D eigenvalue weighted by Crippen LogP contribution is 2.16. The third-order valence-corrected chi connectivity index (χ3v) is 3.38. The van der Waals surface area contributed by atoms with Crippen molar-refractivity contribution in [1.29, 1.82) is 0 Å². The first-order valence-corrected chi connectivity index (χ1v) is 6.60. The standard InChI is InChI=1S/C11H17N3O2S/c1-8-5-13-11(17-8)14-10(15)7-12-6-9-3-2-4-16-9/h5,9,12H,2-4,6-7H2,1H3,(H,13,14,15). The van der Waals surface area contributed by atoms with Crippen molar-refractivity contribution in [2.24, 2.45) is 0 Å². The van der Waals surface area contributed by atoms with Gasteiger partial charge in [0.2, 0.25) is 5.91 Å². The molecule has 6 heteroatoms. The number of rotatable bonds is 5. The van der Waals surface area contributed by atoms with Crippen LogP contribution in [0.5, 0.6) is 0 Å². The van der Waals surface area contributed by atoms with Crippen molar-refractivity contribution in [1.82, 2.24) is 10.3 Å². The Morgan fingerprint density at radius 3 is 3.24 bits per heavy atom. The lowest BCUT2D eigenvalue weighted by atomic mass is 10.2. The molecule has 1 aromatic heterocycles. The van der Waals surface area contributed by atoms with Gasteiger partial charge in [-0.2, -0.15) is 0 Å². The second-order valence-electron chi connectivity index (χ2n) is 4.09. The first kappa shape index (κ1) is 12.5. The van der Waals surface area contributed by atoms with Crippen molar-refractivity contribution in [3.63, 3.8) is 0 Å². The van der Waals surface area contributed by atoms with Gasteiger partial charge in [-0.1, -0.05) is 0 Å². The molecule has 1 atom stereocenters. The summed E-state index contributed by atoms with van der Waals surface area (Å²) >= 11 is 1.48. The monoisotopic (exact) mass is 255 g/mol. The van der Waals surface area contributed by atoms with Gasteiger partial charge in [0, 0.05) is 24.2 Å². The van der Waals surface area contributed by atoms with Crippen LogP contribution >= 0.6 is 11.3 Å². The molecule has 0 aromatic carbocycles. The van der Waals surface area contributed by atoms with Gasteiger partial charge in [-0.3, -0.25) is 4.79 Å². The van der Waals surface area contributed by atoms with Crippen LogP contribution in [0.1, 0.15) is 17.7 Å². The molecule has 1 amide bonds. The maximum absolute atomic E-state index is 11.5. The molecule has 1 saturated heterocycles. The Hall–Kier alpha value is -0.980. The Bertz CT molecular complexity index is 375. The average Bonchev–Trinajstić information content (AvgIpc) is 2.90. The number of carbonyl (C=O) groups excluding carboxylic acids is 1. The molecule has 0 aliphatic carbocycles. The van der Waals surface area contributed by atoms with Crippen LogP contribution in [-0.4, -0.2) is 36.7 Å². The summed E-state index contributed by atoms with van der Waals surface area (Å²) in [4.78, 5) is 16.7. The van der Waals surface area contributed by atoms with Crippen molar-refractivity contribution in [3.05, 3.63) is 11.1 Å². The Labute approximate surface area is 105 Å². The van der Waals surface area contributed by atoms with Gasteiger partial charge in [0.1, 0.15) is 0 Å². The molecule has 1 aromatic rings. The number of nitrogens with one attached hydrogen (secondary N) is 2. The number of hydrogen-bond donors (Lipinski definition) is 2. The summed E-state index contributed by atoms with van der Waals surface area (Å²) in [6.07, 6.45) is 4.22. The first-order valence-electron chi connectivity index (χ1n) is 5.78. The summed E-state index contributed by atoms with van der Waals surface area (Å²) in [6.45, 7) is 3.85. The molecule has 0 spiro atoms. The summed E-state index contributed by atoms with van der Waals surface area (Å²) in [6, 6.07) is 0. The zero-order chi connectivity index (χ0) is 12.1. The van der Waals surface area contributed by atoms with E-state index in [9.17, 15) is 4.79 Å². The van der Waals surface area contributed by atoms with E-state index < -0.39 is 0 Å².